The molecule has 8 nitrogen and oxygen atoms in total. The van der Waals surface area contributed by atoms with E-state index in [9.17, 15) is 19.4 Å². The van der Waals surface area contributed by atoms with Crippen molar-refractivity contribution in [3.8, 4) is 0 Å². The maximum atomic E-state index is 13.0. The largest absolute Gasteiger partial charge is 0.756 e. The zero-order valence-corrected chi connectivity index (χ0v) is 48.6. The quantitative estimate of drug-likeness (QED) is 0.0272. The topological polar surface area (TPSA) is 108 Å². The van der Waals surface area contributed by atoms with Crippen LogP contribution in [0.4, 0.5) is 0 Å². The van der Waals surface area contributed by atoms with Gasteiger partial charge >= 0.3 is 0 Å². The van der Waals surface area contributed by atoms with E-state index in [2.05, 4.69) is 67.8 Å². The Morgan fingerprint density at radius 2 is 0.859 bits per heavy atom. The van der Waals surface area contributed by atoms with Crippen LogP contribution in [0.2, 0.25) is 0 Å². The number of hydrogen-bond acceptors (Lipinski definition) is 6. The molecule has 0 fully saturated rings. The fourth-order valence-electron chi connectivity index (χ4n) is 9.09. The van der Waals surface area contributed by atoms with Crippen LogP contribution in [0.15, 0.2) is 48.6 Å². The highest BCUT2D eigenvalue weighted by Crippen LogP contribution is 2.38. The van der Waals surface area contributed by atoms with Crippen LogP contribution in [0.25, 0.3) is 0 Å². The molecule has 2 N–H and O–H groups in total. The Bertz CT molecular complexity index is 1290. The smallest absolute Gasteiger partial charge is 0.268 e. The van der Waals surface area contributed by atoms with Gasteiger partial charge in [-0.05, 0) is 51.4 Å². The maximum Gasteiger partial charge on any atom is 0.268 e. The molecule has 0 bridgehead atoms. The minimum Gasteiger partial charge on any atom is -0.756 e. The number of allylic oxidation sites excluding steroid dienone is 8. The van der Waals surface area contributed by atoms with E-state index >= 15 is 0 Å². The maximum absolute atomic E-state index is 13.0. The lowest BCUT2D eigenvalue weighted by atomic mass is 10.0. The molecular weight excluding hydrogens is 900 g/mol. The van der Waals surface area contributed by atoms with Crippen LogP contribution in [0.3, 0.4) is 0 Å². The third-order valence-electron chi connectivity index (χ3n) is 13.8. The molecule has 0 aliphatic carbocycles. The summed E-state index contributed by atoms with van der Waals surface area (Å²) in [6.07, 6.45) is 70.1. The van der Waals surface area contributed by atoms with Gasteiger partial charge in [0.25, 0.3) is 7.82 Å². The summed E-state index contributed by atoms with van der Waals surface area (Å²) in [6, 6.07) is -0.801. The van der Waals surface area contributed by atoms with Crippen LogP contribution in [-0.4, -0.2) is 68.5 Å². The van der Waals surface area contributed by atoms with E-state index in [0.29, 0.717) is 23.9 Å². The summed E-state index contributed by atoms with van der Waals surface area (Å²) < 4.78 is 23.5. The minimum absolute atomic E-state index is 0.0127. The summed E-state index contributed by atoms with van der Waals surface area (Å²) in [7, 11) is 1.31. The van der Waals surface area contributed by atoms with Crippen LogP contribution in [-0.2, 0) is 18.4 Å². The third-order valence-corrected chi connectivity index (χ3v) is 14.8. The van der Waals surface area contributed by atoms with Gasteiger partial charge < -0.3 is 28.8 Å². The standard InChI is InChI=1S/C62H119N2O6P/c1-6-8-10-12-14-16-18-20-22-24-26-28-29-30-31-32-33-34-35-36-38-40-42-44-46-48-50-52-54-56-62(66)63-60(59-70-71(67,68)69-58-57-64(3,4)5)61(65)55-53-51-49-47-45-43-41-39-37-27-25-23-21-19-17-15-13-11-9-7-2/h8,10,14,16,20,22,26,28,60-61,65H,6-7,9,11-13,15,17-19,21,23-25,27,29-59H2,1-5H3,(H-,63,66,67,68)/b10-8-,16-14-,22-20-,28-26-. The van der Waals surface area contributed by atoms with Gasteiger partial charge in [0.1, 0.15) is 13.2 Å². The lowest BCUT2D eigenvalue weighted by molar-refractivity contribution is -0.870. The van der Waals surface area contributed by atoms with Crippen molar-refractivity contribution in [3.63, 3.8) is 0 Å². The van der Waals surface area contributed by atoms with Gasteiger partial charge in [-0.3, -0.25) is 9.36 Å². The highest BCUT2D eigenvalue weighted by molar-refractivity contribution is 7.45. The number of nitrogens with zero attached hydrogens (tertiary/aromatic N) is 1. The molecule has 0 rings (SSSR count). The number of quaternary nitrogens is 1. The van der Waals surface area contributed by atoms with Crippen molar-refractivity contribution in [1.82, 2.24) is 5.32 Å². The number of hydrogen-bond donors (Lipinski definition) is 2. The number of phosphoric ester groups is 1. The number of carbonyl (C=O) groups excluding carboxylic acids is 1. The number of rotatable bonds is 56. The first-order chi connectivity index (χ1) is 34.5. The zero-order valence-electron chi connectivity index (χ0n) is 47.7. The van der Waals surface area contributed by atoms with Crippen molar-refractivity contribution in [1.29, 1.82) is 0 Å². The van der Waals surface area contributed by atoms with Crippen molar-refractivity contribution in [3.05, 3.63) is 48.6 Å². The average molecular weight is 1020 g/mol. The molecule has 3 unspecified atom stereocenters. The van der Waals surface area contributed by atoms with Gasteiger partial charge in [0, 0.05) is 6.42 Å². The predicted molar refractivity (Wildman–Crippen MR) is 307 cm³/mol. The predicted octanol–water partition coefficient (Wildman–Crippen LogP) is 18.1. The van der Waals surface area contributed by atoms with Gasteiger partial charge in [0.2, 0.25) is 5.91 Å². The molecule has 9 heteroatoms. The van der Waals surface area contributed by atoms with E-state index in [1.807, 2.05) is 21.1 Å². The van der Waals surface area contributed by atoms with E-state index in [4.69, 9.17) is 9.05 Å². The number of likely N-dealkylation sites (N-methyl/N-ethyl adjacent to an activating group) is 1. The fourth-order valence-corrected chi connectivity index (χ4v) is 9.82. The summed E-state index contributed by atoms with van der Waals surface area (Å²) >= 11 is 0. The Balaban J connectivity index is 4.09. The van der Waals surface area contributed by atoms with Gasteiger partial charge in [-0.15, -0.1) is 0 Å². The molecule has 0 aliphatic rings. The summed E-state index contributed by atoms with van der Waals surface area (Å²) in [4.78, 5) is 25.6. The van der Waals surface area contributed by atoms with Crippen molar-refractivity contribution in [2.75, 3.05) is 40.9 Å². The summed E-state index contributed by atoms with van der Waals surface area (Å²) in [5.41, 5.74) is 0. The Hall–Kier alpha value is -1.54. The second-order valence-electron chi connectivity index (χ2n) is 22.0. The summed E-state index contributed by atoms with van der Waals surface area (Å²) in [5.74, 6) is -0.162. The van der Waals surface area contributed by atoms with Crippen molar-refractivity contribution < 1.29 is 32.9 Å². The van der Waals surface area contributed by atoms with Gasteiger partial charge in [-0.1, -0.05) is 281 Å². The van der Waals surface area contributed by atoms with Crippen molar-refractivity contribution in [2.45, 2.75) is 302 Å². The van der Waals surface area contributed by atoms with E-state index < -0.39 is 20.0 Å². The van der Waals surface area contributed by atoms with Crippen LogP contribution in [0, 0.1) is 0 Å². The molecule has 0 aliphatic heterocycles. The van der Waals surface area contributed by atoms with E-state index in [1.54, 1.807) is 0 Å². The number of aliphatic hydroxyl groups excluding tert-OH is 1. The first kappa shape index (κ1) is 69.5. The molecule has 0 aromatic rings. The summed E-state index contributed by atoms with van der Waals surface area (Å²) in [5, 5.41) is 14.1. The lowest BCUT2D eigenvalue weighted by Crippen LogP contribution is -2.46. The Morgan fingerprint density at radius 1 is 0.507 bits per heavy atom. The Kier molecular flexibility index (Phi) is 52.1. The molecule has 0 radical (unpaired) electrons. The van der Waals surface area contributed by atoms with Crippen molar-refractivity contribution >= 4 is 13.7 Å². The molecule has 71 heavy (non-hydrogen) atoms. The molecule has 0 spiro atoms. The normalized spacial score (nSPS) is 14.2. The van der Waals surface area contributed by atoms with Gasteiger partial charge in [-0.25, -0.2) is 0 Å². The molecule has 418 valence electrons. The van der Waals surface area contributed by atoms with Gasteiger partial charge in [-0.2, -0.15) is 0 Å². The van der Waals surface area contributed by atoms with Crippen LogP contribution in [0.1, 0.15) is 290 Å². The number of amides is 1. The molecule has 0 aromatic heterocycles. The van der Waals surface area contributed by atoms with E-state index in [1.165, 1.54) is 199 Å². The monoisotopic (exact) mass is 1020 g/mol. The van der Waals surface area contributed by atoms with Crippen LogP contribution >= 0.6 is 7.82 Å². The second kappa shape index (κ2) is 53.3. The Morgan fingerprint density at radius 3 is 1.25 bits per heavy atom. The van der Waals surface area contributed by atoms with Crippen LogP contribution in [0.5, 0.6) is 0 Å². The highest BCUT2D eigenvalue weighted by atomic mass is 31.2. The lowest BCUT2D eigenvalue weighted by Gasteiger charge is -2.30. The number of unbranched alkanes of at least 4 members (excludes halogenated alkanes) is 35. The fraction of sp³-hybridized carbons (Fsp3) is 0.855. The van der Waals surface area contributed by atoms with E-state index in [-0.39, 0.29) is 19.1 Å². The summed E-state index contributed by atoms with van der Waals surface area (Å²) in [6.45, 7) is 4.65. The molecule has 0 saturated heterocycles. The minimum atomic E-state index is -4.57. The molecule has 1 amide bonds. The highest BCUT2D eigenvalue weighted by Gasteiger charge is 2.24. The SMILES string of the molecule is CC/C=C\C/C=C\C/C=C\C/C=C\CCCCCCCCCCCCCCCCCCC(=O)NC(COP(=O)([O-])OCC[N+](C)(C)C)C(O)CCCCCCCCCCCCCCCCCCCCCC. The zero-order chi connectivity index (χ0) is 52.0. The number of aliphatic hydroxyl groups is 1. The van der Waals surface area contributed by atoms with E-state index in [0.717, 1.165) is 64.2 Å². The Labute approximate surface area is 441 Å². The molecular formula is C62H119N2O6P. The first-order valence-electron chi connectivity index (χ1n) is 30.5. The number of carbonyl (C=O) groups is 1. The third kappa shape index (κ3) is 56.0. The molecule has 3 atom stereocenters. The number of phosphoric acid groups is 1. The van der Waals surface area contributed by atoms with Crippen LogP contribution < -0.4 is 10.2 Å². The second-order valence-corrected chi connectivity index (χ2v) is 23.4. The number of nitrogens with one attached hydrogen (secondary N) is 1. The molecule has 0 aromatic carbocycles. The van der Waals surface area contributed by atoms with Gasteiger partial charge in [0.05, 0.1) is 39.9 Å². The molecule has 0 heterocycles. The van der Waals surface area contributed by atoms with Crippen molar-refractivity contribution in [2.24, 2.45) is 0 Å². The van der Waals surface area contributed by atoms with Gasteiger partial charge in [0.15, 0.2) is 0 Å². The first-order valence-corrected chi connectivity index (χ1v) is 31.9. The molecule has 0 saturated carbocycles. The average Bonchev–Trinajstić information content (AvgIpc) is 3.33.